The minimum Gasteiger partial charge on any atom is -0.234 e. The SMILES string of the molecule is CCCCCCCCCCCCCCCCC[n+]1ccn(CCCCCCCC)c1CCCCCCCCCCCC. The Hall–Kier alpha value is -0.790. The highest BCUT2D eigenvalue weighted by atomic mass is 15.1. The minimum atomic E-state index is 1.23. The highest BCUT2D eigenvalue weighted by Crippen LogP contribution is 2.15. The van der Waals surface area contributed by atoms with E-state index in [9.17, 15) is 0 Å². The summed E-state index contributed by atoms with van der Waals surface area (Å²) in [6.07, 6.45) is 50.4. The Morgan fingerprint density at radius 2 is 0.738 bits per heavy atom. The fourth-order valence-electron chi connectivity index (χ4n) is 6.68. The fraction of sp³-hybridized carbons (Fsp3) is 0.925. The summed E-state index contributed by atoms with van der Waals surface area (Å²) < 4.78 is 5.26. The van der Waals surface area contributed by atoms with Gasteiger partial charge in [-0.15, -0.1) is 0 Å². The number of rotatable bonds is 34. The number of imidazole rings is 1. The first-order chi connectivity index (χ1) is 20.8. The molecule has 0 unspecified atom stereocenters. The summed E-state index contributed by atoms with van der Waals surface area (Å²) in [6, 6.07) is 0. The van der Waals surface area contributed by atoms with Gasteiger partial charge in [-0.3, -0.25) is 0 Å². The molecule has 0 aliphatic carbocycles. The normalized spacial score (nSPS) is 11.6. The van der Waals surface area contributed by atoms with Crippen molar-refractivity contribution in [2.45, 2.75) is 239 Å². The molecule has 1 aromatic rings. The van der Waals surface area contributed by atoms with E-state index in [-0.39, 0.29) is 0 Å². The van der Waals surface area contributed by atoms with Crippen molar-refractivity contribution in [3.05, 3.63) is 18.2 Å². The molecular formula is C40H79N2+. The number of hydrogen-bond donors (Lipinski definition) is 0. The lowest BCUT2D eigenvalue weighted by Crippen LogP contribution is -2.37. The van der Waals surface area contributed by atoms with E-state index in [2.05, 4.69) is 42.3 Å². The van der Waals surface area contributed by atoms with E-state index >= 15 is 0 Å². The van der Waals surface area contributed by atoms with E-state index in [1.54, 1.807) is 5.82 Å². The third kappa shape index (κ3) is 23.6. The van der Waals surface area contributed by atoms with Crippen LogP contribution in [0.15, 0.2) is 12.4 Å². The van der Waals surface area contributed by atoms with Gasteiger partial charge in [0.1, 0.15) is 12.4 Å². The van der Waals surface area contributed by atoms with Gasteiger partial charge in [-0.2, -0.15) is 0 Å². The van der Waals surface area contributed by atoms with Crippen LogP contribution in [0, 0.1) is 0 Å². The quantitative estimate of drug-likeness (QED) is 0.0560. The van der Waals surface area contributed by atoms with Gasteiger partial charge in [-0.25, -0.2) is 9.13 Å². The molecule has 0 amide bonds. The van der Waals surface area contributed by atoms with E-state index in [1.165, 1.54) is 219 Å². The van der Waals surface area contributed by atoms with Crippen LogP contribution in [0.25, 0.3) is 0 Å². The maximum atomic E-state index is 2.63. The van der Waals surface area contributed by atoms with Gasteiger partial charge < -0.3 is 0 Å². The molecule has 0 fully saturated rings. The first-order valence-electron chi connectivity index (χ1n) is 19.9. The minimum absolute atomic E-state index is 1.23. The molecular weight excluding hydrogens is 508 g/mol. The van der Waals surface area contributed by atoms with Crippen LogP contribution in [0.5, 0.6) is 0 Å². The van der Waals surface area contributed by atoms with Crippen LogP contribution in [0.2, 0.25) is 0 Å². The molecule has 1 rings (SSSR count). The molecule has 2 heteroatoms. The van der Waals surface area contributed by atoms with Gasteiger partial charge in [0, 0.05) is 6.42 Å². The molecule has 0 spiro atoms. The molecule has 0 N–H and O–H groups in total. The summed E-state index contributed by atoms with van der Waals surface area (Å²) in [5, 5.41) is 0. The smallest absolute Gasteiger partial charge is 0.234 e. The van der Waals surface area contributed by atoms with Crippen LogP contribution in [0.4, 0.5) is 0 Å². The first kappa shape index (κ1) is 39.2. The maximum absolute atomic E-state index is 2.63. The highest BCUT2D eigenvalue weighted by molar-refractivity contribution is 4.84. The Kier molecular flexibility index (Phi) is 29.5. The zero-order valence-electron chi connectivity index (χ0n) is 29.6. The van der Waals surface area contributed by atoms with Crippen LogP contribution in [-0.2, 0) is 19.5 Å². The lowest BCUT2D eigenvalue weighted by molar-refractivity contribution is -0.704. The Morgan fingerprint density at radius 1 is 0.405 bits per heavy atom. The van der Waals surface area contributed by atoms with Crippen LogP contribution < -0.4 is 4.57 Å². The summed E-state index contributed by atoms with van der Waals surface area (Å²) in [4.78, 5) is 0. The van der Waals surface area contributed by atoms with Gasteiger partial charge in [-0.05, 0) is 32.1 Å². The summed E-state index contributed by atoms with van der Waals surface area (Å²) in [5.74, 6) is 1.62. The van der Waals surface area contributed by atoms with Crippen molar-refractivity contribution in [1.29, 1.82) is 0 Å². The third-order valence-corrected chi connectivity index (χ3v) is 9.60. The number of hydrogen-bond acceptors (Lipinski definition) is 0. The standard InChI is InChI=1S/C40H79N2/c1-4-7-10-13-16-18-20-21-22-23-24-26-28-31-34-37-42-39-38-41(36-33-30-15-12-9-6-3)40(42)35-32-29-27-25-19-17-14-11-8-5-2/h38-39H,4-37H2,1-3H3/q+1. The molecule has 1 heterocycles. The number of nitrogens with zero attached hydrogens (tertiary/aromatic N) is 2. The van der Waals surface area contributed by atoms with Crippen molar-refractivity contribution in [3.63, 3.8) is 0 Å². The van der Waals surface area contributed by atoms with Gasteiger partial charge in [0.2, 0.25) is 0 Å². The predicted molar refractivity (Wildman–Crippen MR) is 188 cm³/mol. The van der Waals surface area contributed by atoms with Crippen molar-refractivity contribution >= 4 is 0 Å². The van der Waals surface area contributed by atoms with E-state index < -0.39 is 0 Å². The molecule has 0 bridgehead atoms. The van der Waals surface area contributed by atoms with Crippen molar-refractivity contribution in [3.8, 4) is 0 Å². The van der Waals surface area contributed by atoms with Gasteiger partial charge in [0.15, 0.2) is 0 Å². The summed E-state index contributed by atoms with van der Waals surface area (Å²) >= 11 is 0. The maximum Gasteiger partial charge on any atom is 0.256 e. The average molecular weight is 588 g/mol. The van der Waals surface area contributed by atoms with Gasteiger partial charge >= 0.3 is 0 Å². The largest absolute Gasteiger partial charge is 0.256 e. The molecule has 0 atom stereocenters. The van der Waals surface area contributed by atoms with E-state index in [4.69, 9.17) is 0 Å². The summed E-state index contributed by atoms with van der Waals surface area (Å²) in [7, 11) is 0. The second-order valence-electron chi connectivity index (χ2n) is 13.8. The molecule has 0 aliphatic rings. The van der Waals surface area contributed by atoms with E-state index in [1.807, 2.05) is 0 Å². The van der Waals surface area contributed by atoms with E-state index in [0.717, 1.165) is 0 Å². The van der Waals surface area contributed by atoms with Crippen LogP contribution in [-0.4, -0.2) is 4.57 Å². The Morgan fingerprint density at radius 3 is 1.14 bits per heavy atom. The van der Waals surface area contributed by atoms with E-state index in [0.29, 0.717) is 0 Å². The van der Waals surface area contributed by atoms with Crippen molar-refractivity contribution in [2.75, 3.05) is 0 Å². The fourth-order valence-corrected chi connectivity index (χ4v) is 6.68. The molecule has 0 radical (unpaired) electrons. The summed E-state index contributed by atoms with van der Waals surface area (Å²) in [6.45, 7) is 9.40. The number of aryl methyl sites for hydroxylation is 2. The predicted octanol–water partition coefficient (Wildman–Crippen LogP) is 13.5. The zero-order chi connectivity index (χ0) is 30.2. The molecule has 0 aromatic carbocycles. The highest BCUT2D eigenvalue weighted by Gasteiger charge is 2.16. The summed E-state index contributed by atoms with van der Waals surface area (Å²) in [5.41, 5.74) is 0. The molecule has 0 aliphatic heterocycles. The van der Waals surface area contributed by atoms with Crippen molar-refractivity contribution in [1.82, 2.24) is 4.57 Å². The van der Waals surface area contributed by atoms with Gasteiger partial charge in [0.05, 0.1) is 13.1 Å². The lowest BCUT2D eigenvalue weighted by Gasteiger charge is -2.07. The molecule has 0 saturated carbocycles. The van der Waals surface area contributed by atoms with Crippen molar-refractivity contribution in [2.24, 2.45) is 0 Å². The van der Waals surface area contributed by atoms with Crippen LogP contribution >= 0.6 is 0 Å². The second kappa shape index (κ2) is 31.6. The molecule has 0 saturated heterocycles. The second-order valence-corrected chi connectivity index (χ2v) is 13.8. The first-order valence-corrected chi connectivity index (χ1v) is 19.9. The molecule has 1 aromatic heterocycles. The average Bonchev–Trinajstić information content (AvgIpc) is 3.38. The Balaban J connectivity index is 2.23. The van der Waals surface area contributed by atoms with Crippen molar-refractivity contribution < 1.29 is 4.57 Å². The van der Waals surface area contributed by atoms with Crippen LogP contribution in [0.3, 0.4) is 0 Å². The Labute approximate surface area is 266 Å². The monoisotopic (exact) mass is 588 g/mol. The Bertz CT molecular complexity index is 648. The molecule has 42 heavy (non-hydrogen) atoms. The molecule has 2 nitrogen and oxygen atoms in total. The number of unbranched alkanes of at least 4 members (excludes halogenated alkanes) is 28. The molecule has 248 valence electrons. The van der Waals surface area contributed by atoms with Crippen LogP contribution in [0.1, 0.15) is 226 Å². The lowest BCUT2D eigenvalue weighted by atomic mass is 10.0. The number of aromatic nitrogens is 2. The zero-order valence-corrected chi connectivity index (χ0v) is 29.6. The third-order valence-electron chi connectivity index (χ3n) is 9.60. The topological polar surface area (TPSA) is 8.81 Å². The van der Waals surface area contributed by atoms with Gasteiger partial charge in [0.25, 0.3) is 5.82 Å². The van der Waals surface area contributed by atoms with Gasteiger partial charge in [-0.1, -0.05) is 188 Å².